The second-order valence-electron chi connectivity index (χ2n) is 7.15. The van der Waals surface area contributed by atoms with Gasteiger partial charge in [0.25, 0.3) is 0 Å². The Balaban J connectivity index is 3.06. The molecule has 108 valence electrons. The molecular formula is C14H23NO4. The Morgan fingerprint density at radius 3 is 2.00 bits per heavy atom. The highest BCUT2D eigenvalue weighted by Crippen LogP contribution is 2.36. The third-order valence-electron chi connectivity index (χ3n) is 3.48. The van der Waals surface area contributed by atoms with Crippen molar-refractivity contribution in [2.75, 3.05) is 0 Å². The van der Waals surface area contributed by atoms with E-state index >= 15 is 0 Å². The molecule has 1 aliphatic heterocycles. The maximum Gasteiger partial charge on any atom is 0.305 e. The number of rotatable bonds is 3. The number of carboxylic acid groups (broad SMARTS) is 1. The first-order valence-electron chi connectivity index (χ1n) is 6.51. The Morgan fingerprint density at radius 2 is 1.68 bits per heavy atom. The van der Waals surface area contributed by atoms with Gasteiger partial charge in [0.15, 0.2) is 0 Å². The minimum atomic E-state index is -0.995. The number of hydrogen-bond acceptors (Lipinski definition) is 3. The predicted molar refractivity (Wildman–Crippen MR) is 70.4 cm³/mol. The molecule has 0 bridgehead atoms. The summed E-state index contributed by atoms with van der Waals surface area (Å²) in [5.41, 5.74) is -0.790. The molecule has 0 spiro atoms. The number of carbonyl (C=O) groups is 3. The number of carbonyl (C=O) groups excluding carboxylic acids is 2. The predicted octanol–water partition coefficient (Wildman–Crippen LogP) is 2.05. The van der Waals surface area contributed by atoms with E-state index in [4.69, 9.17) is 5.11 Å². The number of hydrogen-bond donors (Lipinski definition) is 1. The van der Waals surface area contributed by atoms with Crippen LogP contribution < -0.4 is 0 Å². The molecule has 1 N–H and O–H groups in total. The lowest BCUT2D eigenvalue weighted by atomic mass is 9.77. The van der Waals surface area contributed by atoms with E-state index in [1.54, 1.807) is 0 Å². The number of nitrogens with zero attached hydrogens (tertiary/aromatic N) is 1. The molecule has 1 heterocycles. The molecule has 2 amide bonds. The normalized spacial score (nSPS) is 21.4. The van der Waals surface area contributed by atoms with Crippen molar-refractivity contribution in [3.63, 3.8) is 0 Å². The lowest BCUT2D eigenvalue weighted by molar-refractivity contribution is -0.160. The smallest absolute Gasteiger partial charge is 0.305 e. The highest BCUT2D eigenvalue weighted by Gasteiger charge is 2.44. The summed E-state index contributed by atoms with van der Waals surface area (Å²) in [5, 5.41) is 9.00. The van der Waals surface area contributed by atoms with Crippen molar-refractivity contribution in [3.8, 4) is 0 Å². The van der Waals surface area contributed by atoms with Gasteiger partial charge in [0.1, 0.15) is 0 Å². The fourth-order valence-corrected chi connectivity index (χ4v) is 2.49. The molecule has 1 saturated heterocycles. The van der Waals surface area contributed by atoms with Gasteiger partial charge >= 0.3 is 5.97 Å². The maximum atomic E-state index is 12.2. The fourth-order valence-electron chi connectivity index (χ4n) is 2.49. The average molecular weight is 269 g/mol. The molecule has 0 aliphatic carbocycles. The third-order valence-corrected chi connectivity index (χ3v) is 3.48. The molecule has 1 fully saturated rings. The highest BCUT2D eigenvalue weighted by atomic mass is 16.4. The van der Waals surface area contributed by atoms with E-state index in [0.29, 0.717) is 0 Å². The standard InChI is InChI=1S/C14H23NO4/c1-13(2,3)9(6-12(18)19)15-10(16)7-14(4,5)8-11(15)17/h9H,6-8H2,1-5H3,(H,18,19). The second kappa shape index (κ2) is 4.94. The molecule has 5 nitrogen and oxygen atoms in total. The first-order valence-corrected chi connectivity index (χ1v) is 6.51. The molecule has 0 aromatic heterocycles. The monoisotopic (exact) mass is 269 g/mol. The molecule has 1 rings (SSSR count). The van der Waals surface area contributed by atoms with E-state index < -0.39 is 17.4 Å². The second-order valence-corrected chi connectivity index (χ2v) is 7.15. The first kappa shape index (κ1) is 15.7. The molecule has 0 aromatic carbocycles. The number of aliphatic carboxylic acids is 1. The average Bonchev–Trinajstić information content (AvgIpc) is 2.10. The van der Waals surface area contributed by atoms with Crippen LogP contribution >= 0.6 is 0 Å². The molecule has 1 aliphatic rings. The van der Waals surface area contributed by atoms with Crippen LogP contribution in [0.5, 0.6) is 0 Å². The summed E-state index contributed by atoms with van der Waals surface area (Å²) in [6, 6.07) is -0.596. The fraction of sp³-hybridized carbons (Fsp3) is 0.786. The van der Waals surface area contributed by atoms with Crippen LogP contribution in [-0.4, -0.2) is 33.8 Å². The van der Waals surface area contributed by atoms with Gasteiger partial charge in [-0.3, -0.25) is 19.3 Å². The van der Waals surface area contributed by atoms with E-state index in [1.807, 2.05) is 34.6 Å². The zero-order valence-electron chi connectivity index (χ0n) is 12.3. The zero-order valence-corrected chi connectivity index (χ0v) is 12.3. The van der Waals surface area contributed by atoms with E-state index in [-0.39, 0.29) is 36.5 Å². The third kappa shape index (κ3) is 3.78. The van der Waals surface area contributed by atoms with Crippen molar-refractivity contribution in [2.24, 2.45) is 10.8 Å². The Hall–Kier alpha value is -1.39. The molecule has 0 aromatic rings. The minimum absolute atomic E-state index is 0.207. The summed E-state index contributed by atoms with van der Waals surface area (Å²) in [6.45, 7) is 9.30. The summed E-state index contributed by atoms with van der Waals surface area (Å²) < 4.78 is 0. The molecule has 5 heteroatoms. The molecule has 19 heavy (non-hydrogen) atoms. The van der Waals surface area contributed by atoms with E-state index in [0.717, 1.165) is 0 Å². The maximum absolute atomic E-state index is 12.2. The number of amides is 2. The number of carboxylic acids is 1. The van der Waals surface area contributed by atoms with Crippen LogP contribution in [0.1, 0.15) is 53.9 Å². The van der Waals surface area contributed by atoms with Crippen molar-refractivity contribution >= 4 is 17.8 Å². The van der Waals surface area contributed by atoms with E-state index in [9.17, 15) is 14.4 Å². The Kier molecular flexibility index (Phi) is 4.08. The van der Waals surface area contributed by atoms with Gasteiger partial charge < -0.3 is 5.11 Å². The van der Waals surface area contributed by atoms with Crippen LogP contribution in [0.4, 0.5) is 0 Å². The lowest BCUT2D eigenvalue weighted by Crippen LogP contribution is -2.55. The Labute approximate surface area is 114 Å². The minimum Gasteiger partial charge on any atom is -0.481 e. The van der Waals surface area contributed by atoms with Gasteiger partial charge in [-0.2, -0.15) is 0 Å². The summed E-state index contributed by atoms with van der Waals surface area (Å²) in [4.78, 5) is 36.6. The quantitative estimate of drug-likeness (QED) is 0.796. The highest BCUT2D eigenvalue weighted by molar-refractivity contribution is 5.99. The number of piperidine rings is 1. The SMILES string of the molecule is CC1(C)CC(=O)N(C(CC(=O)O)C(C)(C)C)C(=O)C1. The van der Waals surface area contributed by atoms with Gasteiger partial charge in [-0.25, -0.2) is 0 Å². The topological polar surface area (TPSA) is 74.7 Å². The number of likely N-dealkylation sites (tertiary alicyclic amines) is 1. The Morgan fingerprint density at radius 1 is 1.26 bits per heavy atom. The lowest BCUT2D eigenvalue weighted by Gasteiger charge is -2.43. The summed E-state index contributed by atoms with van der Waals surface area (Å²) in [7, 11) is 0. The molecular weight excluding hydrogens is 246 g/mol. The molecule has 1 atom stereocenters. The van der Waals surface area contributed by atoms with Gasteiger partial charge in [0, 0.05) is 12.8 Å². The molecule has 0 saturated carbocycles. The number of imide groups is 1. The van der Waals surface area contributed by atoms with Gasteiger partial charge in [0.05, 0.1) is 12.5 Å². The largest absolute Gasteiger partial charge is 0.481 e. The van der Waals surface area contributed by atoms with Gasteiger partial charge in [-0.15, -0.1) is 0 Å². The van der Waals surface area contributed by atoms with Gasteiger partial charge in [-0.05, 0) is 10.8 Å². The van der Waals surface area contributed by atoms with Crippen LogP contribution in [-0.2, 0) is 14.4 Å². The van der Waals surface area contributed by atoms with E-state index in [1.165, 1.54) is 4.90 Å². The van der Waals surface area contributed by atoms with Crippen LogP contribution in [0.2, 0.25) is 0 Å². The van der Waals surface area contributed by atoms with Crippen molar-refractivity contribution in [1.82, 2.24) is 4.90 Å². The van der Waals surface area contributed by atoms with E-state index in [2.05, 4.69) is 0 Å². The zero-order chi connectivity index (χ0) is 15.0. The van der Waals surface area contributed by atoms with Crippen LogP contribution in [0, 0.1) is 10.8 Å². The van der Waals surface area contributed by atoms with Crippen molar-refractivity contribution in [2.45, 2.75) is 59.9 Å². The Bertz CT molecular complexity index is 386. The van der Waals surface area contributed by atoms with Gasteiger partial charge in [0.2, 0.25) is 11.8 Å². The summed E-state index contributed by atoms with van der Waals surface area (Å²) >= 11 is 0. The van der Waals surface area contributed by atoms with Crippen LogP contribution in [0.25, 0.3) is 0 Å². The summed E-state index contributed by atoms with van der Waals surface area (Å²) in [5.74, 6) is -1.52. The van der Waals surface area contributed by atoms with Crippen molar-refractivity contribution in [3.05, 3.63) is 0 Å². The van der Waals surface area contributed by atoms with Crippen LogP contribution in [0.3, 0.4) is 0 Å². The van der Waals surface area contributed by atoms with Crippen molar-refractivity contribution < 1.29 is 19.5 Å². The van der Waals surface area contributed by atoms with Crippen molar-refractivity contribution in [1.29, 1.82) is 0 Å². The molecule has 1 unspecified atom stereocenters. The molecule has 0 radical (unpaired) electrons. The van der Waals surface area contributed by atoms with Crippen LogP contribution in [0.15, 0.2) is 0 Å². The van der Waals surface area contributed by atoms with Gasteiger partial charge in [-0.1, -0.05) is 34.6 Å². The first-order chi connectivity index (χ1) is 8.44. The summed E-state index contributed by atoms with van der Waals surface area (Å²) in [6.07, 6.45) is 0.358.